The van der Waals surface area contributed by atoms with Crippen LogP contribution in [0, 0.1) is 6.92 Å². The van der Waals surface area contributed by atoms with Gasteiger partial charge in [0.1, 0.15) is 0 Å². The number of oxazole rings is 1. The van der Waals surface area contributed by atoms with Gasteiger partial charge in [0.25, 0.3) is 0 Å². The number of hydrogen-bond donors (Lipinski definition) is 1. The van der Waals surface area contributed by atoms with Crippen LogP contribution >= 0.6 is 12.2 Å². The van der Waals surface area contributed by atoms with Gasteiger partial charge in [-0.15, -0.1) is 0 Å². The summed E-state index contributed by atoms with van der Waals surface area (Å²) in [4.78, 5) is 3.99. The molecule has 8 heteroatoms. The molecule has 1 N–H and O–H groups in total. The number of thiocarbonyl (C=S) groups is 1. The van der Waals surface area contributed by atoms with E-state index >= 15 is 0 Å². The minimum absolute atomic E-state index is 0.00370. The number of aromatic nitrogens is 2. The molecule has 1 atom stereocenters. The number of rotatable bonds is 3. The molecule has 1 unspecified atom stereocenters. The van der Waals surface area contributed by atoms with Crippen molar-refractivity contribution in [2.75, 3.05) is 5.32 Å². The number of halogens is 1. The van der Waals surface area contributed by atoms with Crippen molar-refractivity contribution in [2.24, 2.45) is 0 Å². The van der Waals surface area contributed by atoms with Crippen molar-refractivity contribution in [3.8, 4) is 0 Å². The Morgan fingerprint density at radius 2 is 2.35 bits per heavy atom. The quantitative estimate of drug-likeness (QED) is 0.748. The molecular formula is C12H9BFN3O2S. The van der Waals surface area contributed by atoms with Crippen molar-refractivity contribution in [2.45, 2.75) is 13.1 Å². The summed E-state index contributed by atoms with van der Waals surface area (Å²) >= 11 is 5.03. The fraction of sp³-hybridized carbons (Fsp3) is 0.167. The molecule has 0 saturated heterocycles. The Balaban J connectivity index is 1.80. The van der Waals surface area contributed by atoms with Crippen LogP contribution in [0.5, 0.6) is 0 Å². The van der Waals surface area contributed by atoms with E-state index in [1.54, 1.807) is 32.0 Å². The Kier molecular flexibility index (Phi) is 3.31. The van der Waals surface area contributed by atoms with E-state index in [9.17, 15) is 4.39 Å². The van der Waals surface area contributed by atoms with E-state index in [1.807, 2.05) is 0 Å². The summed E-state index contributed by atoms with van der Waals surface area (Å²) in [6.45, 7) is 3.41. The van der Waals surface area contributed by atoms with Gasteiger partial charge in [0.05, 0.1) is 0 Å². The van der Waals surface area contributed by atoms with Crippen LogP contribution in [-0.4, -0.2) is 22.0 Å². The molecule has 0 aliphatic heterocycles. The number of fused-ring (bicyclic) bond motifs is 1. The van der Waals surface area contributed by atoms with E-state index in [2.05, 4.69) is 15.5 Å². The Morgan fingerprint density at radius 1 is 1.50 bits per heavy atom. The van der Waals surface area contributed by atoms with E-state index in [4.69, 9.17) is 21.2 Å². The fourth-order valence-electron chi connectivity index (χ4n) is 1.79. The zero-order valence-electron chi connectivity index (χ0n) is 10.5. The van der Waals surface area contributed by atoms with Gasteiger partial charge >= 0.3 is 119 Å². The third-order valence-corrected chi connectivity index (χ3v) is 3.06. The van der Waals surface area contributed by atoms with E-state index < -0.39 is 6.17 Å². The second-order valence-corrected chi connectivity index (χ2v) is 4.70. The van der Waals surface area contributed by atoms with Gasteiger partial charge in [-0.3, -0.25) is 0 Å². The van der Waals surface area contributed by atoms with Crippen LogP contribution in [0.2, 0.25) is 0 Å². The maximum atomic E-state index is 14.3. The summed E-state index contributed by atoms with van der Waals surface area (Å²) in [5.41, 5.74) is 2.28. The molecule has 3 rings (SSSR count). The second kappa shape index (κ2) is 5.12. The standard InChI is InChI=1S/C12H9BFN3O2S/c1-6-13-12(19-17-6)16-11(20)10(14)7-2-3-9-8(4-7)15-5-18-9/h2-5,10H,1H3,(H,16,20). The van der Waals surface area contributed by atoms with Gasteiger partial charge in [0.2, 0.25) is 0 Å². The van der Waals surface area contributed by atoms with Crippen LogP contribution in [0.25, 0.3) is 11.1 Å². The molecule has 0 bridgehead atoms. The molecule has 3 aromatic rings. The third kappa shape index (κ3) is 2.46. The van der Waals surface area contributed by atoms with Crippen molar-refractivity contribution >= 4 is 41.0 Å². The van der Waals surface area contributed by atoms with E-state index in [-0.39, 0.29) is 4.99 Å². The Bertz CT molecular complexity index is 773. The van der Waals surface area contributed by atoms with Crippen molar-refractivity contribution < 1.29 is 13.3 Å². The van der Waals surface area contributed by atoms with Crippen LogP contribution in [-0.2, 0) is 0 Å². The van der Waals surface area contributed by atoms with E-state index in [0.717, 1.165) is 0 Å². The molecule has 0 radical (unpaired) electrons. The molecule has 100 valence electrons. The third-order valence-electron chi connectivity index (χ3n) is 2.75. The fourth-order valence-corrected chi connectivity index (χ4v) is 2.03. The second-order valence-electron chi connectivity index (χ2n) is 4.26. The predicted octanol–water partition coefficient (Wildman–Crippen LogP) is 2.91. The van der Waals surface area contributed by atoms with Crippen LogP contribution in [0.15, 0.2) is 33.5 Å². The van der Waals surface area contributed by atoms with Gasteiger partial charge in [0.15, 0.2) is 0 Å². The first-order valence-electron chi connectivity index (χ1n) is 5.85. The molecule has 0 fully saturated rings. The average Bonchev–Trinajstić information content (AvgIpc) is 3.05. The SMILES string of the molecule is Cc1bc(NC(=S)C(F)c2ccc3ocnc3c2)on1. The number of hydrogen-bond acceptors (Lipinski definition) is 5. The van der Waals surface area contributed by atoms with Crippen LogP contribution in [0.3, 0.4) is 0 Å². The van der Waals surface area contributed by atoms with Crippen molar-refractivity contribution in [1.29, 1.82) is 0 Å². The van der Waals surface area contributed by atoms with Crippen molar-refractivity contribution in [3.63, 3.8) is 0 Å². The number of nitrogens with one attached hydrogen (secondary N) is 1. The number of nitrogens with zero attached hydrogens (tertiary/aromatic N) is 2. The van der Waals surface area contributed by atoms with Gasteiger partial charge < -0.3 is 0 Å². The molecule has 0 spiro atoms. The molecule has 0 amide bonds. The van der Waals surface area contributed by atoms with Crippen molar-refractivity contribution in [3.05, 3.63) is 35.7 Å². The topological polar surface area (TPSA) is 64.1 Å². The van der Waals surface area contributed by atoms with Gasteiger partial charge in [-0.25, -0.2) is 0 Å². The summed E-state index contributed by atoms with van der Waals surface area (Å²) in [6, 6.07) is 4.87. The average molecular weight is 289 g/mol. The summed E-state index contributed by atoms with van der Waals surface area (Å²) in [5, 5.41) is 6.38. The number of benzene rings is 1. The first-order chi connectivity index (χ1) is 9.63. The first-order valence-corrected chi connectivity index (χ1v) is 6.26. The number of aryl methyl sites for hydroxylation is 1. The van der Waals surface area contributed by atoms with Gasteiger partial charge in [0, 0.05) is 0 Å². The normalized spacial score (nSPS) is 12.3. The van der Waals surface area contributed by atoms with Crippen LogP contribution < -0.4 is 5.32 Å². The van der Waals surface area contributed by atoms with Crippen molar-refractivity contribution in [1.82, 2.24) is 10.1 Å². The molecular weight excluding hydrogens is 280 g/mol. The Hall–Kier alpha value is -2.09. The maximum absolute atomic E-state index is 14.3. The Morgan fingerprint density at radius 3 is 3.10 bits per heavy atom. The summed E-state index contributed by atoms with van der Waals surface area (Å²) in [6.07, 6.45) is -0.147. The predicted molar refractivity (Wildman–Crippen MR) is 76.7 cm³/mol. The summed E-state index contributed by atoms with van der Waals surface area (Å²) < 4.78 is 24.4. The molecule has 2 aromatic heterocycles. The van der Waals surface area contributed by atoms with E-state index in [0.29, 0.717) is 28.0 Å². The number of alkyl halides is 1. The molecule has 20 heavy (non-hydrogen) atoms. The molecule has 0 saturated carbocycles. The number of anilines is 1. The van der Waals surface area contributed by atoms with E-state index in [1.165, 1.54) is 6.39 Å². The van der Waals surface area contributed by atoms with Crippen LogP contribution in [0.1, 0.15) is 17.3 Å². The molecule has 1 aromatic carbocycles. The molecule has 0 aliphatic rings. The summed E-state index contributed by atoms with van der Waals surface area (Å²) in [5.74, 6) is 0.317. The molecule has 5 nitrogen and oxygen atoms in total. The molecule has 0 aliphatic carbocycles. The zero-order chi connectivity index (χ0) is 14.1. The van der Waals surface area contributed by atoms with Gasteiger partial charge in [-0.05, 0) is 0 Å². The summed E-state index contributed by atoms with van der Waals surface area (Å²) in [7, 11) is 0. The Labute approximate surface area is 119 Å². The van der Waals surface area contributed by atoms with Gasteiger partial charge in [-0.2, -0.15) is 0 Å². The zero-order valence-corrected chi connectivity index (χ0v) is 11.3. The first kappa shape index (κ1) is 12.9. The molecule has 2 heterocycles. The van der Waals surface area contributed by atoms with Gasteiger partial charge in [-0.1, -0.05) is 0 Å². The monoisotopic (exact) mass is 289 g/mol. The minimum atomic E-state index is -1.46. The van der Waals surface area contributed by atoms with Crippen LogP contribution in [0.4, 0.5) is 10.2 Å².